The molecule has 0 fully saturated rings. The minimum atomic E-state index is -0.575. The Morgan fingerprint density at radius 3 is 2.82 bits per heavy atom. The predicted molar refractivity (Wildman–Crippen MR) is 65.0 cm³/mol. The van der Waals surface area contributed by atoms with E-state index in [0.29, 0.717) is 24.7 Å². The Morgan fingerprint density at radius 1 is 1.53 bits per heavy atom. The first-order valence-electron chi connectivity index (χ1n) is 5.37. The third-order valence-electron chi connectivity index (χ3n) is 2.04. The van der Waals surface area contributed by atoms with E-state index in [-0.39, 0.29) is 11.5 Å². The maximum absolute atomic E-state index is 11.3. The standard InChI is InChI=1S/C10H17N5O2/c1-6(2)9-14-7(5-8(16)15-9)12-3-4-13-10(11)17/h5-6H,3-4H2,1-2H3,(H3,11,13,17)(H2,12,14,15,16). The van der Waals surface area contributed by atoms with Crippen molar-refractivity contribution in [3.8, 4) is 0 Å². The first-order valence-corrected chi connectivity index (χ1v) is 5.37. The van der Waals surface area contributed by atoms with Crippen molar-refractivity contribution in [2.75, 3.05) is 18.4 Å². The van der Waals surface area contributed by atoms with Gasteiger partial charge in [0.05, 0.1) is 0 Å². The van der Waals surface area contributed by atoms with Crippen LogP contribution in [0.15, 0.2) is 10.9 Å². The van der Waals surface area contributed by atoms with Crippen LogP contribution in [-0.4, -0.2) is 29.1 Å². The molecule has 17 heavy (non-hydrogen) atoms. The number of urea groups is 1. The van der Waals surface area contributed by atoms with Crippen LogP contribution in [0.1, 0.15) is 25.6 Å². The van der Waals surface area contributed by atoms with Gasteiger partial charge in [0, 0.05) is 25.1 Å². The molecule has 1 aromatic rings. The van der Waals surface area contributed by atoms with E-state index in [1.54, 1.807) is 0 Å². The van der Waals surface area contributed by atoms with Crippen LogP contribution in [0.4, 0.5) is 10.6 Å². The van der Waals surface area contributed by atoms with Crippen molar-refractivity contribution >= 4 is 11.8 Å². The van der Waals surface area contributed by atoms with Gasteiger partial charge in [0.25, 0.3) is 5.56 Å². The van der Waals surface area contributed by atoms with Gasteiger partial charge in [-0.25, -0.2) is 9.78 Å². The van der Waals surface area contributed by atoms with Crippen molar-refractivity contribution < 1.29 is 4.79 Å². The largest absolute Gasteiger partial charge is 0.368 e. The van der Waals surface area contributed by atoms with Crippen LogP contribution in [-0.2, 0) is 0 Å². The van der Waals surface area contributed by atoms with Crippen molar-refractivity contribution in [2.45, 2.75) is 19.8 Å². The van der Waals surface area contributed by atoms with Gasteiger partial charge in [-0.2, -0.15) is 0 Å². The fraction of sp³-hybridized carbons (Fsp3) is 0.500. The number of amides is 2. The molecule has 0 bridgehead atoms. The SMILES string of the molecule is CC(C)c1nc(NCCNC(N)=O)cc(=O)[nH]1. The van der Waals surface area contributed by atoms with E-state index in [0.717, 1.165) is 0 Å². The summed E-state index contributed by atoms with van der Waals surface area (Å²) in [6, 6.07) is 0.796. The van der Waals surface area contributed by atoms with Gasteiger partial charge in [-0.1, -0.05) is 13.8 Å². The molecule has 0 aromatic carbocycles. The van der Waals surface area contributed by atoms with Gasteiger partial charge in [0.1, 0.15) is 11.6 Å². The fourth-order valence-corrected chi connectivity index (χ4v) is 1.22. The summed E-state index contributed by atoms with van der Waals surface area (Å²) in [7, 11) is 0. The van der Waals surface area contributed by atoms with E-state index >= 15 is 0 Å². The average molecular weight is 239 g/mol. The van der Waals surface area contributed by atoms with Gasteiger partial charge in [-0.15, -0.1) is 0 Å². The van der Waals surface area contributed by atoms with E-state index < -0.39 is 6.03 Å². The molecule has 1 rings (SSSR count). The molecule has 0 atom stereocenters. The minimum absolute atomic E-state index is 0.146. The zero-order chi connectivity index (χ0) is 12.8. The van der Waals surface area contributed by atoms with Gasteiger partial charge in [0.15, 0.2) is 0 Å². The van der Waals surface area contributed by atoms with E-state index in [1.807, 2.05) is 13.8 Å². The lowest BCUT2D eigenvalue weighted by Crippen LogP contribution is -2.33. The average Bonchev–Trinajstić information content (AvgIpc) is 2.23. The fourth-order valence-electron chi connectivity index (χ4n) is 1.22. The van der Waals surface area contributed by atoms with Crippen LogP contribution in [0.25, 0.3) is 0 Å². The number of aromatic amines is 1. The molecule has 0 spiro atoms. The first-order chi connectivity index (χ1) is 7.99. The van der Waals surface area contributed by atoms with Crippen LogP contribution in [0.2, 0.25) is 0 Å². The Morgan fingerprint density at radius 2 is 2.24 bits per heavy atom. The second-order valence-electron chi connectivity index (χ2n) is 3.89. The minimum Gasteiger partial charge on any atom is -0.368 e. The number of primary amides is 1. The Balaban J connectivity index is 2.59. The zero-order valence-electron chi connectivity index (χ0n) is 9.91. The van der Waals surface area contributed by atoms with E-state index in [4.69, 9.17) is 5.73 Å². The molecular formula is C10H17N5O2. The molecule has 5 N–H and O–H groups in total. The molecule has 0 aliphatic heterocycles. The monoisotopic (exact) mass is 239 g/mol. The molecule has 2 amide bonds. The molecule has 0 saturated heterocycles. The number of rotatable bonds is 5. The number of H-pyrrole nitrogens is 1. The molecule has 1 heterocycles. The normalized spacial score (nSPS) is 10.3. The number of carbonyl (C=O) groups is 1. The number of hydrogen-bond acceptors (Lipinski definition) is 4. The number of carbonyl (C=O) groups excluding carboxylic acids is 1. The molecule has 0 aliphatic carbocycles. The van der Waals surface area contributed by atoms with E-state index in [1.165, 1.54) is 6.07 Å². The molecule has 0 aliphatic rings. The third-order valence-corrected chi connectivity index (χ3v) is 2.04. The van der Waals surface area contributed by atoms with Crippen LogP contribution >= 0.6 is 0 Å². The van der Waals surface area contributed by atoms with Crippen molar-refractivity contribution in [1.29, 1.82) is 0 Å². The summed E-state index contributed by atoms with van der Waals surface area (Å²) in [6.45, 7) is 4.71. The van der Waals surface area contributed by atoms with E-state index in [9.17, 15) is 9.59 Å². The molecule has 94 valence electrons. The van der Waals surface area contributed by atoms with Gasteiger partial charge < -0.3 is 21.4 Å². The molecule has 0 saturated carbocycles. The molecule has 1 aromatic heterocycles. The smallest absolute Gasteiger partial charge is 0.312 e. The van der Waals surface area contributed by atoms with Crippen LogP contribution in [0, 0.1) is 0 Å². The summed E-state index contributed by atoms with van der Waals surface area (Å²) in [6.07, 6.45) is 0. The summed E-state index contributed by atoms with van der Waals surface area (Å²) >= 11 is 0. The lowest BCUT2D eigenvalue weighted by molar-refractivity contribution is 0.249. The predicted octanol–water partition coefficient (Wildman–Crippen LogP) is -0.0265. The Kier molecular flexibility index (Phi) is 4.50. The van der Waals surface area contributed by atoms with Gasteiger partial charge in [-0.05, 0) is 0 Å². The number of hydrogen-bond donors (Lipinski definition) is 4. The summed E-state index contributed by atoms with van der Waals surface area (Å²) < 4.78 is 0. The lowest BCUT2D eigenvalue weighted by Gasteiger charge is -2.08. The Hall–Kier alpha value is -2.05. The highest BCUT2D eigenvalue weighted by atomic mass is 16.2. The van der Waals surface area contributed by atoms with Gasteiger partial charge >= 0.3 is 6.03 Å². The molecule has 0 unspecified atom stereocenters. The summed E-state index contributed by atoms with van der Waals surface area (Å²) in [4.78, 5) is 28.7. The van der Waals surface area contributed by atoms with Gasteiger partial charge in [0.2, 0.25) is 0 Å². The maximum atomic E-state index is 11.3. The highest BCUT2D eigenvalue weighted by Crippen LogP contribution is 2.08. The van der Waals surface area contributed by atoms with Gasteiger partial charge in [-0.3, -0.25) is 4.79 Å². The number of nitrogens with one attached hydrogen (secondary N) is 3. The highest BCUT2D eigenvalue weighted by Gasteiger charge is 2.04. The second kappa shape index (κ2) is 5.88. The van der Waals surface area contributed by atoms with Crippen LogP contribution in [0.5, 0.6) is 0 Å². The molecular weight excluding hydrogens is 222 g/mol. The highest BCUT2D eigenvalue weighted by molar-refractivity contribution is 5.71. The number of nitrogens with zero attached hydrogens (tertiary/aromatic N) is 1. The Bertz CT molecular complexity index is 441. The van der Waals surface area contributed by atoms with Crippen molar-refractivity contribution in [1.82, 2.24) is 15.3 Å². The zero-order valence-corrected chi connectivity index (χ0v) is 9.91. The van der Waals surface area contributed by atoms with Crippen LogP contribution in [0.3, 0.4) is 0 Å². The van der Waals surface area contributed by atoms with Crippen molar-refractivity contribution in [3.05, 3.63) is 22.2 Å². The summed E-state index contributed by atoms with van der Waals surface area (Å²) in [5, 5.41) is 5.37. The first kappa shape index (κ1) is 13.0. The summed E-state index contributed by atoms with van der Waals surface area (Å²) in [5.74, 6) is 1.26. The summed E-state index contributed by atoms with van der Waals surface area (Å²) in [5.41, 5.74) is 4.71. The molecule has 0 radical (unpaired) electrons. The molecule has 7 heteroatoms. The lowest BCUT2D eigenvalue weighted by atomic mass is 10.2. The van der Waals surface area contributed by atoms with Crippen molar-refractivity contribution in [2.24, 2.45) is 5.73 Å². The molecule has 7 nitrogen and oxygen atoms in total. The maximum Gasteiger partial charge on any atom is 0.312 e. The van der Waals surface area contributed by atoms with Crippen molar-refractivity contribution in [3.63, 3.8) is 0 Å². The van der Waals surface area contributed by atoms with E-state index in [2.05, 4.69) is 20.6 Å². The second-order valence-corrected chi connectivity index (χ2v) is 3.89. The third kappa shape index (κ3) is 4.54. The topological polar surface area (TPSA) is 113 Å². The number of aromatic nitrogens is 2. The Labute approximate surface area is 98.8 Å². The quantitative estimate of drug-likeness (QED) is 0.540. The van der Waals surface area contributed by atoms with Crippen LogP contribution < -0.4 is 21.9 Å². The number of anilines is 1. The number of nitrogens with two attached hydrogens (primary N) is 1.